The maximum absolute atomic E-state index is 12.9. The summed E-state index contributed by atoms with van der Waals surface area (Å²) in [6.45, 7) is 4.46. The Kier molecular flexibility index (Phi) is 9.57. The van der Waals surface area contributed by atoms with Crippen molar-refractivity contribution >= 4 is 40.0 Å². The molecule has 2 aromatic carbocycles. The van der Waals surface area contributed by atoms with E-state index in [1.165, 1.54) is 11.1 Å². The first-order valence-electron chi connectivity index (χ1n) is 10.1. The van der Waals surface area contributed by atoms with E-state index in [1.807, 2.05) is 6.07 Å². The first-order chi connectivity index (χ1) is 14.0. The van der Waals surface area contributed by atoms with Crippen LogP contribution in [0.1, 0.15) is 36.0 Å². The van der Waals surface area contributed by atoms with Crippen LogP contribution in [-0.4, -0.2) is 38.8 Å². The Morgan fingerprint density at radius 1 is 0.967 bits per heavy atom. The van der Waals surface area contributed by atoms with Gasteiger partial charge >= 0.3 is 0 Å². The Morgan fingerprint density at radius 3 is 2.23 bits per heavy atom. The van der Waals surface area contributed by atoms with Gasteiger partial charge in [-0.3, -0.25) is 4.99 Å². The number of aryl methyl sites for hydroxylation is 1. The van der Waals surface area contributed by atoms with Crippen molar-refractivity contribution in [3.05, 3.63) is 65.2 Å². The van der Waals surface area contributed by atoms with E-state index in [0.717, 1.165) is 24.8 Å². The quantitative estimate of drug-likeness (QED) is 0.332. The zero-order valence-corrected chi connectivity index (χ0v) is 20.7. The minimum Gasteiger partial charge on any atom is -0.352 e. The number of halogens is 1. The van der Waals surface area contributed by atoms with Crippen LogP contribution in [0, 0.1) is 6.92 Å². The van der Waals surface area contributed by atoms with Crippen molar-refractivity contribution in [1.29, 1.82) is 0 Å². The van der Waals surface area contributed by atoms with Gasteiger partial charge in [0.2, 0.25) is 10.0 Å². The van der Waals surface area contributed by atoms with E-state index in [2.05, 4.69) is 46.8 Å². The van der Waals surface area contributed by atoms with Crippen LogP contribution >= 0.6 is 24.0 Å². The van der Waals surface area contributed by atoms with Gasteiger partial charge in [0.1, 0.15) is 0 Å². The lowest BCUT2D eigenvalue weighted by Crippen LogP contribution is -2.36. The van der Waals surface area contributed by atoms with Gasteiger partial charge in [0, 0.05) is 33.2 Å². The second kappa shape index (κ2) is 11.7. The van der Waals surface area contributed by atoms with Crippen molar-refractivity contribution in [3.63, 3.8) is 0 Å². The Balaban J connectivity index is 0.00000320. The molecule has 1 fully saturated rings. The number of piperidine rings is 1. The highest BCUT2D eigenvalue weighted by atomic mass is 127. The summed E-state index contributed by atoms with van der Waals surface area (Å²) in [4.78, 5) is 4.61. The number of guanidine groups is 1. The van der Waals surface area contributed by atoms with E-state index < -0.39 is 10.0 Å². The SMILES string of the molecule is CN=C(NCc1ccc(C)cc1)NCc1cccc(S(=O)(=O)N2CCCCC2)c1.I. The number of benzene rings is 2. The minimum absolute atomic E-state index is 0. The van der Waals surface area contributed by atoms with Gasteiger partial charge < -0.3 is 10.6 Å². The van der Waals surface area contributed by atoms with Gasteiger partial charge in [0.05, 0.1) is 4.90 Å². The lowest BCUT2D eigenvalue weighted by Gasteiger charge is -2.26. The molecule has 1 aliphatic rings. The van der Waals surface area contributed by atoms with Crippen molar-refractivity contribution in [2.45, 2.75) is 44.2 Å². The summed E-state index contributed by atoms with van der Waals surface area (Å²) in [5, 5.41) is 6.54. The standard InChI is InChI=1S/C22H30N4O2S.HI/c1-18-9-11-19(12-10-18)16-24-22(23-2)25-17-20-7-6-8-21(15-20)29(27,28)26-13-4-3-5-14-26;/h6-12,15H,3-5,13-14,16-17H2,1-2H3,(H2,23,24,25);1H. The van der Waals surface area contributed by atoms with Crippen molar-refractivity contribution in [3.8, 4) is 0 Å². The average molecular weight is 542 g/mol. The van der Waals surface area contributed by atoms with Crippen LogP contribution < -0.4 is 10.6 Å². The van der Waals surface area contributed by atoms with Crippen LogP contribution in [0.3, 0.4) is 0 Å². The van der Waals surface area contributed by atoms with Gasteiger partial charge in [-0.1, -0.05) is 48.4 Å². The van der Waals surface area contributed by atoms with Crippen molar-refractivity contribution in [1.82, 2.24) is 14.9 Å². The molecule has 0 amide bonds. The monoisotopic (exact) mass is 542 g/mol. The van der Waals surface area contributed by atoms with Crippen LogP contribution in [0.25, 0.3) is 0 Å². The molecule has 0 spiro atoms. The lowest BCUT2D eigenvalue weighted by atomic mass is 10.1. The number of sulfonamides is 1. The Bertz CT molecular complexity index is 940. The van der Waals surface area contributed by atoms with E-state index in [4.69, 9.17) is 0 Å². The maximum Gasteiger partial charge on any atom is 0.243 e. The predicted octanol–water partition coefficient (Wildman–Crippen LogP) is 3.65. The van der Waals surface area contributed by atoms with Crippen molar-refractivity contribution in [2.24, 2.45) is 4.99 Å². The largest absolute Gasteiger partial charge is 0.352 e. The highest BCUT2D eigenvalue weighted by Crippen LogP contribution is 2.21. The summed E-state index contributed by atoms with van der Waals surface area (Å²) in [5.41, 5.74) is 3.31. The molecule has 8 heteroatoms. The van der Waals surface area contributed by atoms with Crippen LogP contribution in [0.5, 0.6) is 0 Å². The molecular weight excluding hydrogens is 511 g/mol. The molecule has 0 atom stereocenters. The molecule has 0 saturated carbocycles. The first-order valence-corrected chi connectivity index (χ1v) is 11.5. The van der Waals surface area contributed by atoms with E-state index >= 15 is 0 Å². The third kappa shape index (κ3) is 6.68. The third-order valence-electron chi connectivity index (χ3n) is 5.12. The summed E-state index contributed by atoms with van der Waals surface area (Å²) < 4.78 is 27.4. The van der Waals surface area contributed by atoms with E-state index in [0.29, 0.717) is 37.0 Å². The highest BCUT2D eigenvalue weighted by Gasteiger charge is 2.25. The number of nitrogens with one attached hydrogen (secondary N) is 2. The van der Waals surface area contributed by atoms with E-state index in [-0.39, 0.29) is 24.0 Å². The molecule has 1 aliphatic heterocycles. The second-order valence-electron chi connectivity index (χ2n) is 7.38. The zero-order chi connectivity index (χ0) is 20.7. The molecule has 0 aromatic heterocycles. The highest BCUT2D eigenvalue weighted by molar-refractivity contribution is 14.0. The van der Waals surface area contributed by atoms with Crippen molar-refractivity contribution < 1.29 is 8.42 Å². The molecule has 0 unspecified atom stereocenters. The smallest absolute Gasteiger partial charge is 0.243 e. The van der Waals surface area contributed by atoms with Gasteiger partial charge in [0.25, 0.3) is 0 Å². The van der Waals surface area contributed by atoms with Gasteiger partial charge in [-0.25, -0.2) is 8.42 Å². The summed E-state index contributed by atoms with van der Waals surface area (Å²) in [5.74, 6) is 0.676. The fourth-order valence-corrected chi connectivity index (χ4v) is 4.96. The van der Waals surface area contributed by atoms with Gasteiger partial charge in [-0.15, -0.1) is 24.0 Å². The second-order valence-corrected chi connectivity index (χ2v) is 9.32. The fraction of sp³-hybridized carbons (Fsp3) is 0.409. The molecule has 0 bridgehead atoms. The molecule has 2 aromatic rings. The molecule has 6 nitrogen and oxygen atoms in total. The molecule has 1 saturated heterocycles. The molecule has 1 heterocycles. The summed E-state index contributed by atoms with van der Waals surface area (Å²) in [6.07, 6.45) is 2.97. The number of nitrogens with zero attached hydrogens (tertiary/aromatic N) is 2. The summed E-state index contributed by atoms with van der Waals surface area (Å²) in [6, 6.07) is 15.5. The van der Waals surface area contributed by atoms with Crippen LogP contribution in [-0.2, 0) is 23.1 Å². The molecule has 3 rings (SSSR count). The molecule has 0 radical (unpaired) electrons. The van der Waals surface area contributed by atoms with E-state index in [1.54, 1.807) is 29.6 Å². The normalized spacial score (nSPS) is 15.3. The Hall–Kier alpha value is -1.65. The third-order valence-corrected chi connectivity index (χ3v) is 7.01. The minimum atomic E-state index is -3.42. The summed E-state index contributed by atoms with van der Waals surface area (Å²) in [7, 11) is -1.69. The van der Waals surface area contributed by atoms with E-state index in [9.17, 15) is 8.42 Å². The first kappa shape index (κ1) is 24.6. The molecule has 164 valence electrons. The summed E-state index contributed by atoms with van der Waals surface area (Å²) >= 11 is 0. The van der Waals surface area contributed by atoms with Crippen LogP contribution in [0.4, 0.5) is 0 Å². The molecule has 2 N–H and O–H groups in total. The van der Waals surface area contributed by atoms with Gasteiger partial charge in [-0.05, 0) is 43.0 Å². The lowest BCUT2D eigenvalue weighted by molar-refractivity contribution is 0.346. The van der Waals surface area contributed by atoms with Crippen LogP contribution in [0.15, 0.2) is 58.4 Å². The Labute approximate surface area is 197 Å². The number of hydrogen-bond donors (Lipinski definition) is 2. The maximum atomic E-state index is 12.9. The topological polar surface area (TPSA) is 73.8 Å². The van der Waals surface area contributed by atoms with Gasteiger partial charge in [0.15, 0.2) is 5.96 Å². The Morgan fingerprint density at radius 2 is 1.60 bits per heavy atom. The number of rotatable bonds is 6. The van der Waals surface area contributed by atoms with Crippen LogP contribution in [0.2, 0.25) is 0 Å². The van der Waals surface area contributed by atoms with Crippen molar-refractivity contribution in [2.75, 3.05) is 20.1 Å². The predicted molar refractivity (Wildman–Crippen MR) is 133 cm³/mol. The van der Waals surface area contributed by atoms with Gasteiger partial charge in [-0.2, -0.15) is 4.31 Å². The molecule has 0 aliphatic carbocycles. The molecular formula is C22H31IN4O2S. The zero-order valence-electron chi connectivity index (χ0n) is 17.6. The average Bonchev–Trinajstić information content (AvgIpc) is 2.76. The fourth-order valence-electron chi connectivity index (χ4n) is 3.37. The number of hydrogen-bond acceptors (Lipinski definition) is 3. The molecule has 30 heavy (non-hydrogen) atoms. The number of aliphatic imine (C=N–C) groups is 1.